The monoisotopic (exact) mass is 328 g/mol. The molecule has 5 nitrogen and oxygen atoms in total. The summed E-state index contributed by atoms with van der Waals surface area (Å²) in [7, 11) is 0. The number of nitrogens with zero attached hydrogens (tertiary/aromatic N) is 1. The average molecular weight is 328 g/mol. The van der Waals surface area contributed by atoms with Crippen LogP contribution in [0.1, 0.15) is 40.3 Å². The number of carbonyl (C=O) groups is 1. The van der Waals surface area contributed by atoms with Gasteiger partial charge in [0.15, 0.2) is 5.76 Å². The smallest absolute Gasteiger partial charge is 0.289 e. The lowest BCUT2D eigenvalue weighted by atomic mass is 10.1. The van der Waals surface area contributed by atoms with E-state index in [0.717, 1.165) is 30.7 Å². The Balaban J connectivity index is 1.62. The molecule has 1 aliphatic heterocycles. The van der Waals surface area contributed by atoms with E-state index in [1.54, 1.807) is 17.0 Å². The van der Waals surface area contributed by atoms with E-state index in [2.05, 4.69) is 6.07 Å². The van der Waals surface area contributed by atoms with Crippen molar-refractivity contribution in [2.75, 3.05) is 13.1 Å². The van der Waals surface area contributed by atoms with Crippen LogP contribution in [0.5, 0.6) is 5.75 Å². The molecular formula is C19H24N2O3. The number of piperidine rings is 1. The lowest BCUT2D eigenvalue weighted by molar-refractivity contribution is 0.0672. The Kier molecular flexibility index (Phi) is 4.90. The van der Waals surface area contributed by atoms with Crippen LogP contribution in [0.2, 0.25) is 0 Å². The predicted octanol–water partition coefficient (Wildman–Crippen LogP) is 3.04. The maximum absolute atomic E-state index is 12.5. The lowest BCUT2D eigenvalue weighted by Crippen LogP contribution is -2.45. The quantitative estimate of drug-likeness (QED) is 0.936. The molecule has 1 aliphatic rings. The van der Waals surface area contributed by atoms with Gasteiger partial charge < -0.3 is 19.8 Å². The van der Waals surface area contributed by atoms with Gasteiger partial charge in [-0.25, -0.2) is 0 Å². The Bertz CT molecular complexity index is 723. The summed E-state index contributed by atoms with van der Waals surface area (Å²) in [5.74, 6) is 1.72. The molecule has 0 saturated carbocycles. The van der Waals surface area contributed by atoms with Crippen molar-refractivity contribution in [3.8, 4) is 5.75 Å². The minimum absolute atomic E-state index is 0.0602. The second-order valence-electron chi connectivity index (χ2n) is 6.48. The summed E-state index contributed by atoms with van der Waals surface area (Å²) in [4.78, 5) is 14.2. The van der Waals surface area contributed by atoms with E-state index in [-0.39, 0.29) is 11.9 Å². The molecule has 1 saturated heterocycles. The highest BCUT2D eigenvalue weighted by atomic mass is 16.5. The van der Waals surface area contributed by atoms with Crippen LogP contribution < -0.4 is 10.5 Å². The number of likely N-dealkylation sites (tertiary alicyclic amines) is 1. The first-order chi connectivity index (χ1) is 11.5. The van der Waals surface area contributed by atoms with Crippen LogP contribution >= 0.6 is 0 Å². The normalized spacial score (nSPS) is 17.8. The fourth-order valence-corrected chi connectivity index (χ4v) is 3.03. The summed E-state index contributed by atoms with van der Waals surface area (Å²) in [6.07, 6.45) is 1.91. The number of nitrogens with two attached hydrogens (primary N) is 1. The Labute approximate surface area is 142 Å². The van der Waals surface area contributed by atoms with Crippen molar-refractivity contribution in [3.63, 3.8) is 0 Å². The first-order valence-electron chi connectivity index (χ1n) is 8.36. The summed E-state index contributed by atoms with van der Waals surface area (Å²) >= 11 is 0. The summed E-state index contributed by atoms with van der Waals surface area (Å²) in [6.45, 7) is 5.69. The third-order valence-corrected chi connectivity index (χ3v) is 4.32. The van der Waals surface area contributed by atoms with Gasteiger partial charge in [0.25, 0.3) is 5.91 Å². The van der Waals surface area contributed by atoms with Crippen LogP contribution in [0.15, 0.2) is 34.7 Å². The molecule has 3 rings (SSSR count). The number of carbonyl (C=O) groups excluding carboxylic acids is 1. The van der Waals surface area contributed by atoms with E-state index in [1.807, 2.05) is 26.0 Å². The van der Waals surface area contributed by atoms with Crippen molar-refractivity contribution in [1.29, 1.82) is 0 Å². The average Bonchev–Trinajstić information content (AvgIpc) is 3.02. The van der Waals surface area contributed by atoms with E-state index < -0.39 is 0 Å². The van der Waals surface area contributed by atoms with Crippen molar-refractivity contribution in [1.82, 2.24) is 4.90 Å². The van der Waals surface area contributed by atoms with E-state index in [9.17, 15) is 4.79 Å². The number of benzene rings is 1. The van der Waals surface area contributed by atoms with Gasteiger partial charge >= 0.3 is 0 Å². The van der Waals surface area contributed by atoms with E-state index >= 15 is 0 Å². The molecule has 1 aromatic carbocycles. The minimum atomic E-state index is -0.0945. The third kappa shape index (κ3) is 3.79. The molecule has 0 bridgehead atoms. The van der Waals surface area contributed by atoms with Crippen molar-refractivity contribution in [2.45, 2.75) is 39.3 Å². The van der Waals surface area contributed by atoms with Gasteiger partial charge in [-0.1, -0.05) is 17.7 Å². The molecule has 1 fully saturated rings. The van der Waals surface area contributed by atoms with Crippen LogP contribution in [-0.4, -0.2) is 29.9 Å². The fraction of sp³-hybridized carbons (Fsp3) is 0.421. The summed E-state index contributed by atoms with van der Waals surface area (Å²) in [6, 6.07) is 9.61. The second kappa shape index (κ2) is 7.09. The Morgan fingerprint density at radius 1 is 1.33 bits per heavy atom. The van der Waals surface area contributed by atoms with Crippen LogP contribution in [-0.2, 0) is 6.61 Å². The molecule has 2 aromatic rings. The molecule has 1 amide bonds. The highest BCUT2D eigenvalue weighted by Gasteiger charge is 2.24. The van der Waals surface area contributed by atoms with Crippen LogP contribution in [0.25, 0.3) is 0 Å². The molecule has 1 aromatic heterocycles. The standard InChI is InChI=1S/C19H24N2O3/c1-13-5-7-17(14(2)10-13)23-12-16-6-8-18(24-16)19(22)21-9-3-4-15(20)11-21/h5-8,10,15H,3-4,9,11-12,20H2,1-2H3/t15-/m0/s1. The maximum Gasteiger partial charge on any atom is 0.289 e. The molecule has 128 valence electrons. The molecule has 0 spiro atoms. The Hall–Kier alpha value is -2.27. The number of amides is 1. The molecular weight excluding hydrogens is 304 g/mol. The Morgan fingerprint density at radius 3 is 2.92 bits per heavy atom. The van der Waals surface area contributed by atoms with E-state index in [1.165, 1.54) is 5.56 Å². The number of hydrogen-bond acceptors (Lipinski definition) is 4. The molecule has 0 radical (unpaired) electrons. The van der Waals surface area contributed by atoms with Gasteiger partial charge in [-0.15, -0.1) is 0 Å². The summed E-state index contributed by atoms with van der Waals surface area (Å²) in [5, 5.41) is 0. The van der Waals surface area contributed by atoms with E-state index in [0.29, 0.717) is 24.7 Å². The molecule has 2 heterocycles. The Morgan fingerprint density at radius 2 is 2.17 bits per heavy atom. The summed E-state index contributed by atoms with van der Waals surface area (Å²) < 4.78 is 11.5. The fourth-order valence-electron chi connectivity index (χ4n) is 3.03. The molecule has 5 heteroatoms. The SMILES string of the molecule is Cc1ccc(OCc2ccc(C(=O)N3CCC[C@H](N)C3)o2)c(C)c1. The first kappa shape index (κ1) is 16.6. The van der Waals surface area contributed by atoms with Crippen molar-refractivity contribution in [2.24, 2.45) is 5.73 Å². The highest BCUT2D eigenvalue weighted by Crippen LogP contribution is 2.21. The van der Waals surface area contributed by atoms with E-state index in [4.69, 9.17) is 14.9 Å². The number of ether oxygens (including phenoxy) is 1. The van der Waals surface area contributed by atoms with Crippen molar-refractivity contribution in [3.05, 3.63) is 53.0 Å². The minimum Gasteiger partial charge on any atom is -0.485 e. The molecule has 0 unspecified atom stereocenters. The number of rotatable bonds is 4. The van der Waals surface area contributed by atoms with Crippen LogP contribution in [0.4, 0.5) is 0 Å². The highest BCUT2D eigenvalue weighted by molar-refractivity contribution is 5.91. The van der Waals surface area contributed by atoms with Gasteiger partial charge in [-0.3, -0.25) is 4.79 Å². The molecule has 24 heavy (non-hydrogen) atoms. The van der Waals surface area contributed by atoms with Crippen LogP contribution in [0, 0.1) is 13.8 Å². The number of aryl methyl sites for hydroxylation is 2. The van der Waals surface area contributed by atoms with Gasteiger partial charge in [0.2, 0.25) is 0 Å². The first-order valence-corrected chi connectivity index (χ1v) is 8.36. The lowest BCUT2D eigenvalue weighted by Gasteiger charge is -2.30. The molecule has 2 N–H and O–H groups in total. The molecule has 1 atom stereocenters. The largest absolute Gasteiger partial charge is 0.485 e. The predicted molar refractivity (Wildman–Crippen MR) is 92.1 cm³/mol. The van der Waals surface area contributed by atoms with Gasteiger partial charge in [-0.05, 0) is 50.5 Å². The second-order valence-corrected chi connectivity index (χ2v) is 6.48. The molecule has 0 aliphatic carbocycles. The van der Waals surface area contributed by atoms with Crippen molar-refractivity contribution < 1.29 is 13.9 Å². The van der Waals surface area contributed by atoms with Crippen molar-refractivity contribution >= 4 is 5.91 Å². The van der Waals surface area contributed by atoms with Gasteiger partial charge in [0.05, 0.1) is 0 Å². The third-order valence-electron chi connectivity index (χ3n) is 4.32. The number of furan rings is 1. The zero-order valence-corrected chi connectivity index (χ0v) is 14.2. The zero-order chi connectivity index (χ0) is 17.1. The van der Waals surface area contributed by atoms with Gasteiger partial charge in [0.1, 0.15) is 18.1 Å². The zero-order valence-electron chi connectivity index (χ0n) is 14.2. The summed E-state index contributed by atoms with van der Waals surface area (Å²) in [5.41, 5.74) is 8.22. The van der Waals surface area contributed by atoms with Crippen LogP contribution in [0.3, 0.4) is 0 Å². The van der Waals surface area contributed by atoms with Gasteiger partial charge in [-0.2, -0.15) is 0 Å². The number of hydrogen-bond donors (Lipinski definition) is 1. The topological polar surface area (TPSA) is 68.7 Å². The van der Waals surface area contributed by atoms with Gasteiger partial charge in [0, 0.05) is 19.1 Å². The maximum atomic E-state index is 12.5.